The van der Waals surface area contributed by atoms with Gasteiger partial charge in [-0.2, -0.15) is 0 Å². The minimum absolute atomic E-state index is 0.0607. The number of nitrogens with zero attached hydrogens (tertiary/aromatic N) is 1. The Morgan fingerprint density at radius 2 is 1.51 bits per heavy atom. The predicted molar refractivity (Wildman–Crippen MR) is 179 cm³/mol. The maximum atomic E-state index is 14.1. The Kier molecular flexibility index (Phi) is 15.9. The van der Waals surface area contributed by atoms with Gasteiger partial charge in [-0.05, 0) is 80.0 Å². The molecule has 0 saturated heterocycles. The number of carbonyl (C=O) groups excluding carboxylic acids is 3. The zero-order valence-electron chi connectivity index (χ0n) is 28.2. The van der Waals surface area contributed by atoms with Crippen LogP contribution in [0.15, 0.2) is 36.4 Å². The molecule has 10 nitrogen and oxygen atoms in total. The van der Waals surface area contributed by atoms with Crippen molar-refractivity contribution in [3.05, 3.63) is 70.3 Å². The highest BCUT2D eigenvalue weighted by atomic mass is 32.2. The van der Waals surface area contributed by atoms with E-state index in [1.54, 1.807) is 24.0 Å². The molecule has 0 aliphatic heterocycles. The third-order valence-electron chi connectivity index (χ3n) is 7.37. The fraction of sp³-hybridized carbons (Fsp3) is 0.559. The Morgan fingerprint density at radius 1 is 0.915 bits per heavy atom. The molecule has 0 heterocycles. The summed E-state index contributed by atoms with van der Waals surface area (Å²) in [6.45, 7) is 10.7. The largest absolute Gasteiger partial charge is 0.390 e. The molecule has 0 aliphatic rings. The highest BCUT2D eigenvalue weighted by molar-refractivity contribution is 7.90. The average molecular weight is 681 g/mol. The first-order chi connectivity index (χ1) is 22.0. The number of benzene rings is 2. The van der Waals surface area contributed by atoms with Crippen molar-refractivity contribution in [3.63, 3.8) is 0 Å². The monoisotopic (exact) mass is 680 g/mol. The highest BCUT2D eigenvalue weighted by Crippen LogP contribution is 2.16. The second-order valence-corrected chi connectivity index (χ2v) is 14.8. The molecule has 0 aliphatic carbocycles. The van der Waals surface area contributed by atoms with Crippen LogP contribution < -0.4 is 16.0 Å². The zero-order valence-corrected chi connectivity index (χ0v) is 29.1. The topological polar surface area (TPSA) is 145 Å². The first-order valence-electron chi connectivity index (χ1n) is 16.1. The summed E-state index contributed by atoms with van der Waals surface area (Å²) in [7, 11) is -3.40. The fourth-order valence-corrected chi connectivity index (χ4v) is 5.75. The molecule has 0 bridgehead atoms. The first kappa shape index (κ1) is 39.8. The third-order valence-corrected chi connectivity index (χ3v) is 8.35. The van der Waals surface area contributed by atoms with Gasteiger partial charge in [-0.1, -0.05) is 27.7 Å². The Hall–Kier alpha value is -3.42. The van der Waals surface area contributed by atoms with Gasteiger partial charge in [0.1, 0.15) is 21.5 Å². The van der Waals surface area contributed by atoms with Crippen LogP contribution in [0.1, 0.15) is 78.8 Å². The summed E-state index contributed by atoms with van der Waals surface area (Å²) in [4.78, 5) is 41.5. The number of sulfone groups is 1. The molecule has 0 aromatic heterocycles. The Balaban J connectivity index is 2.36. The minimum Gasteiger partial charge on any atom is -0.390 e. The minimum atomic E-state index is -3.40. The van der Waals surface area contributed by atoms with E-state index in [4.69, 9.17) is 0 Å². The van der Waals surface area contributed by atoms with Crippen molar-refractivity contribution < 1.29 is 36.7 Å². The summed E-state index contributed by atoms with van der Waals surface area (Å²) in [5.74, 6) is -3.06. The number of aryl methyl sites for hydroxylation is 1. The molecule has 0 saturated carbocycles. The predicted octanol–water partition coefficient (Wildman–Crippen LogP) is 3.40. The maximum Gasteiger partial charge on any atom is 0.253 e. The lowest BCUT2D eigenvalue weighted by Crippen LogP contribution is -2.53. The third kappa shape index (κ3) is 14.1. The van der Waals surface area contributed by atoms with Crippen LogP contribution in [0.3, 0.4) is 0 Å². The smallest absolute Gasteiger partial charge is 0.253 e. The van der Waals surface area contributed by atoms with Crippen molar-refractivity contribution in [2.45, 2.75) is 78.5 Å². The number of carbonyl (C=O) groups is 3. The number of aliphatic hydroxyl groups is 1. The SMILES string of the molecule is CCCN(CCC)C(=O)c1cc(C)cc(C(=O)NC(Cc2cc(F)cc(F)c2)C(O)CNC(CCS(C)(=O)=O)C(=O)NCC(C)C)c1. The van der Waals surface area contributed by atoms with Crippen LogP contribution in [0, 0.1) is 24.5 Å². The van der Waals surface area contributed by atoms with Gasteiger partial charge < -0.3 is 26.0 Å². The molecule has 3 atom stereocenters. The van der Waals surface area contributed by atoms with Crippen molar-refractivity contribution in [2.24, 2.45) is 5.92 Å². The molecule has 2 aromatic rings. The second kappa shape index (κ2) is 18.8. The van der Waals surface area contributed by atoms with Gasteiger partial charge in [0.05, 0.1) is 23.9 Å². The number of hydrogen-bond donors (Lipinski definition) is 4. The van der Waals surface area contributed by atoms with Gasteiger partial charge in [-0.25, -0.2) is 17.2 Å². The lowest BCUT2D eigenvalue weighted by Gasteiger charge is -2.27. The highest BCUT2D eigenvalue weighted by Gasteiger charge is 2.27. The normalized spacial score (nSPS) is 13.6. The number of aliphatic hydroxyl groups excluding tert-OH is 1. The van der Waals surface area contributed by atoms with Gasteiger partial charge in [-0.15, -0.1) is 0 Å². The van der Waals surface area contributed by atoms with E-state index in [-0.39, 0.29) is 48.1 Å². The van der Waals surface area contributed by atoms with Gasteiger partial charge in [0, 0.05) is 49.6 Å². The Labute approximate surface area is 277 Å². The summed E-state index contributed by atoms with van der Waals surface area (Å²) in [6.07, 6.45) is 0.995. The van der Waals surface area contributed by atoms with E-state index in [1.807, 2.05) is 27.7 Å². The molecule has 3 amide bonds. The summed E-state index contributed by atoms with van der Waals surface area (Å²) >= 11 is 0. The van der Waals surface area contributed by atoms with Crippen LogP contribution in [0.2, 0.25) is 0 Å². The molecule has 0 fully saturated rings. The molecule has 4 N–H and O–H groups in total. The van der Waals surface area contributed by atoms with Crippen LogP contribution in [0.5, 0.6) is 0 Å². The molecule has 13 heteroatoms. The van der Waals surface area contributed by atoms with Crippen molar-refractivity contribution >= 4 is 27.6 Å². The molecule has 262 valence electrons. The van der Waals surface area contributed by atoms with E-state index in [9.17, 15) is 36.7 Å². The number of amides is 3. The van der Waals surface area contributed by atoms with Crippen molar-refractivity contribution in [2.75, 3.05) is 38.2 Å². The van der Waals surface area contributed by atoms with Crippen LogP contribution >= 0.6 is 0 Å². The zero-order chi connectivity index (χ0) is 35.3. The van der Waals surface area contributed by atoms with Gasteiger partial charge in [-0.3, -0.25) is 14.4 Å². The number of rotatable bonds is 19. The summed E-state index contributed by atoms with van der Waals surface area (Å²) in [6, 6.07) is 5.61. The lowest BCUT2D eigenvalue weighted by atomic mass is 9.99. The van der Waals surface area contributed by atoms with Crippen molar-refractivity contribution in [1.29, 1.82) is 0 Å². The number of hydrogen-bond acceptors (Lipinski definition) is 7. The molecular weight excluding hydrogens is 630 g/mol. The fourth-order valence-electron chi connectivity index (χ4n) is 5.08. The van der Waals surface area contributed by atoms with Gasteiger partial charge in [0.2, 0.25) is 5.91 Å². The van der Waals surface area contributed by atoms with E-state index in [1.165, 1.54) is 6.07 Å². The molecule has 2 aromatic carbocycles. The van der Waals surface area contributed by atoms with Crippen LogP contribution in [0.4, 0.5) is 8.78 Å². The van der Waals surface area contributed by atoms with E-state index >= 15 is 0 Å². The van der Waals surface area contributed by atoms with Crippen molar-refractivity contribution in [1.82, 2.24) is 20.9 Å². The van der Waals surface area contributed by atoms with Crippen LogP contribution in [0.25, 0.3) is 0 Å². The molecule has 0 spiro atoms. The van der Waals surface area contributed by atoms with E-state index in [0.717, 1.165) is 31.2 Å². The van der Waals surface area contributed by atoms with Gasteiger partial charge in [0.15, 0.2) is 0 Å². The Bertz CT molecular complexity index is 1440. The van der Waals surface area contributed by atoms with Crippen LogP contribution in [-0.2, 0) is 21.1 Å². The molecule has 47 heavy (non-hydrogen) atoms. The summed E-state index contributed by atoms with van der Waals surface area (Å²) in [5.41, 5.74) is 1.34. The average Bonchev–Trinajstić information content (AvgIpc) is 2.97. The summed E-state index contributed by atoms with van der Waals surface area (Å²) < 4.78 is 51.8. The van der Waals surface area contributed by atoms with Crippen molar-refractivity contribution in [3.8, 4) is 0 Å². The summed E-state index contributed by atoms with van der Waals surface area (Å²) in [5, 5.41) is 19.7. The molecular formula is C34H50F2N4O6S. The Morgan fingerprint density at radius 3 is 2.06 bits per heavy atom. The maximum absolute atomic E-state index is 14.1. The lowest BCUT2D eigenvalue weighted by molar-refractivity contribution is -0.123. The molecule has 3 unspecified atom stereocenters. The van der Waals surface area contributed by atoms with E-state index in [0.29, 0.717) is 36.8 Å². The van der Waals surface area contributed by atoms with Crippen LogP contribution in [-0.4, -0.2) is 92.5 Å². The second-order valence-electron chi connectivity index (χ2n) is 12.5. The standard InChI is InChI=1S/C34H50F2N4O6S/c1-7-10-40(11-8-2)34(44)26-14-23(5)13-25(18-26)32(42)39-30(17-24-15-27(35)19-28(36)16-24)31(41)21-37-29(9-12-47(6,45)46)33(43)38-20-22(3)4/h13-16,18-19,22,29-31,37,41H,7-12,17,20-21H2,1-6H3,(H,38,43)(H,39,42). The van der Waals surface area contributed by atoms with E-state index < -0.39 is 51.5 Å². The number of nitrogens with one attached hydrogen (secondary N) is 3. The van der Waals surface area contributed by atoms with E-state index in [2.05, 4.69) is 16.0 Å². The first-order valence-corrected chi connectivity index (χ1v) is 18.1. The molecule has 0 radical (unpaired) electrons. The van der Waals surface area contributed by atoms with Gasteiger partial charge in [0.25, 0.3) is 11.8 Å². The van der Waals surface area contributed by atoms with Gasteiger partial charge >= 0.3 is 0 Å². The number of halogens is 2. The quantitative estimate of drug-likeness (QED) is 0.178. The molecule has 2 rings (SSSR count).